The van der Waals surface area contributed by atoms with Crippen molar-refractivity contribution in [2.75, 3.05) is 0 Å². The Bertz CT molecular complexity index is 10.9. The predicted molar refractivity (Wildman–Crippen MR) is 16.3 cm³/mol. The summed E-state index contributed by atoms with van der Waals surface area (Å²) in [7, 11) is 0. The fourth-order valence-electron chi connectivity index (χ4n) is 0. The van der Waals surface area contributed by atoms with Crippen molar-refractivity contribution in [3.8, 4) is 0 Å². The number of hydrogen-bond donors (Lipinski definition) is 0. The second-order valence-electron chi connectivity index (χ2n) is 0.577. The van der Waals surface area contributed by atoms with E-state index in [0.29, 0.717) is 19.8 Å². The molecule has 0 rings (SSSR count). The van der Waals surface area contributed by atoms with Crippen molar-refractivity contribution in [2.24, 2.45) is 0 Å². The third-order valence-corrected chi connectivity index (χ3v) is 0. The first-order chi connectivity index (χ1) is 2.41. The van der Waals surface area contributed by atoms with Crippen molar-refractivity contribution in [1.82, 2.24) is 0 Å². The van der Waals surface area contributed by atoms with E-state index in [1.165, 1.54) is 0 Å². The van der Waals surface area contributed by atoms with Crippen LogP contribution in [0.3, 0.4) is 0 Å². The second-order valence-corrected chi connectivity index (χ2v) is 0.577. The molecular weight excluding hydrogens is 236 g/mol. The van der Waals surface area contributed by atoms with Crippen LogP contribution in [0, 0.1) is 6.42 Å². The Morgan fingerprint density at radius 3 is 1.40 bits per heavy atom. The molecule has 0 aliphatic rings. The van der Waals surface area contributed by atoms with Crippen LogP contribution in [0.2, 0.25) is 0 Å². The van der Waals surface area contributed by atoms with Gasteiger partial charge in [-0.15, -0.1) is 0 Å². The third-order valence-electron chi connectivity index (χ3n) is 0. The molecule has 0 saturated heterocycles. The van der Waals surface area contributed by atoms with E-state index in [1.54, 1.807) is 0 Å². The van der Waals surface area contributed by atoms with Crippen molar-refractivity contribution >= 4 is 0 Å². The molecule has 0 N–H and O–H groups in total. The van der Waals surface area contributed by atoms with Crippen molar-refractivity contribution in [2.45, 2.75) is 13.8 Å². The predicted octanol–water partition coefficient (Wildman–Crippen LogP) is 1.11. The molecule has 0 aliphatic heterocycles. The van der Waals surface area contributed by atoms with E-state index < -0.39 is 0 Å². The van der Waals surface area contributed by atoms with Gasteiger partial charge in [-0.05, 0) is 6.42 Å². The van der Waals surface area contributed by atoms with E-state index in [4.69, 9.17) is 3.40 Å². The topological polar surface area (TPSA) is 17.1 Å². The monoisotopic (exact) mass is 243 g/mol. The molecule has 0 aromatic carbocycles. The van der Waals surface area contributed by atoms with Crippen LogP contribution in [-0.2, 0) is 23.2 Å². The molecule has 31 valence electrons. The zero-order chi connectivity index (χ0) is 4.71. The first-order valence-corrected chi connectivity index (χ1v) is 2.52. The Morgan fingerprint density at radius 1 is 1.40 bits per heavy atom. The molecule has 1 nitrogen and oxygen atoms in total. The quantitative estimate of drug-likeness (QED) is 0.622. The standard InChI is InChI=1S/C3H7.O.W/c1-3-2;;/h3H,1-2H3;;. The van der Waals surface area contributed by atoms with Gasteiger partial charge in [-0.1, -0.05) is 13.8 Å². The van der Waals surface area contributed by atoms with Crippen LogP contribution in [0.15, 0.2) is 0 Å². The summed E-state index contributed by atoms with van der Waals surface area (Å²) in [5, 5.41) is 0. The summed E-state index contributed by atoms with van der Waals surface area (Å²) in [4.78, 5) is 0. The third kappa shape index (κ3) is 117. The summed E-state index contributed by atoms with van der Waals surface area (Å²) in [6.07, 6.45) is 2.00. The van der Waals surface area contributed by atoms with E-state index in [0.717, 1.165) is 0 Å². The van der Waals surface area contributed by atoms with Crippen molar-refractivity contribution in [3.05, 3.63) is 6.42 Å². The molecule has 0 unspecified atom stereocenters. The Morgan fingerprint density at radius 2 is 1.40 bits per heavy atom. The van der Waals surface area contributed by atoms with Crippen LogP contribution in [-0.4, -0.2) is 0 Å². The maximum absolute atomic E-state index is 8.33. The molecule has 5 heavy (non-hydrogen) atoms. The van der Waals surface area contributed by atoms with Crippen LogP contribution < -0.4 is 0 Å². The minimum atomic E-state index is 0.333. The Hall–Kier alpha value is 0.488. The Balaban J connectivity index is 0. The van der Waals surface area contributed by atoms with Gasteiger partial charge in [-0.3, -0.25) is 0 Å². The SMILES string of the molecule is C[CH]C.[O]=[W]. The fourth-order valence-corrected chi connectivity index (χ4v) is 0. The van der Waals surface area contributed by atoms with Gasteiger partial charge in [-0.25, -0.2) is 0 Å². The van der Waals surface area contributed by atoms with Gasteiger partial charge in [0.05, 0.1) is 0 Å². The normalized spacial score (nSPS) is 4.40. The second kappa shape index (κ2) is 24.7. The summed E-state index contributed by atoms with van der Waals surface area (Å²) in [5.41, 5.74) is 0. The van der Waals surface area contributed by atoms with Crippen LogP contribution in [0.1, 0.15) is 13.8 Å². The van der Waals surface area contributed by atoms with Gasteiger partial charge in [0, 0.05) is 0 Å². The van der Waals surface area contributed by atoms with Gasteiger partial charge < -0.3 is 0 Å². The van der Waals surface area contributed by atoms with E-state index in [2.05, 4.69) is 0 Å². The Labute approximate surface area is 44.0 Å². The van der Waals surface area contributed by atoms with E-state index >= 15 is 0 Å². The van der Waals surface area contributed by atoms with Gasteiger partial charge >= 0.3 is 23.2 Å². The number of rotatable bonds is 0. The maximum atomic E-state index is 8.33. The summed E-state index contributed by atoms with van der Waals surface area (Å²) in [6.45, 7) is 4.00. The average molecular weight is 243 g/mol. The van der Waals surface area contributed by atoms with Crippen LogP contribution in [0.25, 0.3) is 0 Å². The number of hydrogen-bond acceptors (Lipinski definition) is 1. The Kier molecular flexibility index (Phi) is 44.8. The molecule has 0 saturated carbocycles. The van der Waals surface area contributed by atoms with Gasteiger partial charge in [0.1, 0.15) is 0 Å². The summed E-state index contributed by atoms with van der Waals surface area (Å²) in [5.74, 6) is 0. The van der Waals surface area contributed by atoms with Crippen LogP contribution in [0.4, 0.5) is 0 Å². The van der Waals surface area contributed by atoms with Gasteiger partial charge in [-0.2, -0.15) is 0 Å². The molecule has 1 radical (unpaired) electrons. The average Bonchev–Trinajstić information content (AvgIpc) is 1.46. The van der Waals surface area contributed by atoms with E-state index in [9.17, 15) is 0 Å². The van der Waals surface area contributed by atoms with Gasteiger partial charge in [0.25, 0.3) is 0 Å². The molecule has 0 atom stereocenters. The van der Waals surface area contributed by atoms with Crippen LogP contribution >= 0.6 is 0 Å². The molecule has 0 aromatic heterocycles. The zero-order valence-electron chi connectivity index (χ0n) is 3.39. The molecule has 0 bridgehead atoms. The molecule has 0 spiro atoms. The molecule has 0 fully saturated rings. The van der Waals surface area contributed by atoms with Gasteiger partial charge in [0.15, 0.2) is 0 Å². The molecule has 2 heteroatoms. The van der Waals surface area contributed by atoms with Crippen molar-refractivity contribution in [3.63, 3.8) is 0 Å². The molecule has 0 aromatic rings. The molecule has 0 amide bonds. The zero-order valence-corrected chi connectivity index (χ0v) is 6.33. The fraction of sp³-hybridized carbons (Fsp3) is 0.667. The van der Waals surface area contributed by atoms with Crippen molar-refractivity contribution < 1.29 is 23.2 Å². The summed E-state index contributed by atoms with van der Waals surface area (Å²) in [6, 6.07) is 0. The summed E-state index contributed by atoms with van der Waals surface area (Å²) >= 11 is 0.333. The van der Waals surface area contributed by atoms with Gasteiger partial charge in [0.2, 0.25) is 0 Å². The first-order valence-electron chi connectivity index (χ1n) is 1.32. The van der Waals surface area contributed by atoms with E-state index in [1.807, 2.05) is 20.3 Å². The molecule has 0 heterocycles. The van der Waals surface area contributed by atoms with Crippen molar-refractivity contribution in [1.29, 1.82) is 0 Å². The van der Waals surface area contributed by atoms with E-state index in [-0.39, 0.29) is 0 Å². The molecular formula is C3H7OW. The first kappa shape index (κ1) is 9.09. The van der Waals surface area contributed by atoms with Crippen LogP contribution in [0.5, 0.6) is 0 Å². The minimum absolute atomic E-state index is 0.333. The molecule has 0 aliphatic carbocycles. The summed E-state index contributed by atoms with van der Waals surface area (Å²) < 4.78 is 8.33.